The van der Waals surface area contributed by atoms with E-state index in [0.717, 1.165) is 17.7 Å². The standard InChI is InChI=1S/C23H22F3N5O3/c1-14-20(15(2)31(30-14)18-5-3-4-17(12-18)23(24,25)26)21(33)22(34)28-11-8-19(32)29-13-16-6-9-27-10-7-16/h3-7,9-10,12H,8,11,13H2,1-2H3,(H,28,34)(H,29,32). The van der Waals surface area contributed by atoms with E-state index in [-0.39, 0.29) is 41.5 Å². The first-order valence-electron chi connectivity index (χ1n) is 10.3. The number of rotatable bonds is 8. The van der Waals surface area contributed by atoms with Crippen LogP contribution in [-0.2, 0) is 22.3 Å². The van der Waals surface area contributed by atoms with E-state index in [2.05, 4.69) is 20.7 Å². The summed E-state index contributed by atoms with van der Waals surface area (Å²) in [5.74, 6) is -2.13. The van der Waals surface area contributed by atoms with Crippen molar-refractivity contribution in [3.05, 3.63) is 76.9 Å². The highest BCUT2D eigenvalue weighted by molar-refractivity contribution is 6.43. The van der Waals surface area contributed by atoms with E-state index in [9.17, 15) is 27.6 Å². The Bertz CT molecular complexity index is 1210. The molecule has 0 aliphatic carbocycles. The van der Waals surface area contributed by atoms with Crippen LogP contribution >= 0.6 is 0 Å². The van der Waals surface area contributed by atoms with Crippen molar-refractivity contribution in [1.29, 1.82) is 0 Å². The third-order valence-electron chi connectivity index (χ3n) is 5.02. The summed E-state index contributed by atoms with van der Waals surface area (Å²) in [6.45, 7) is 3.23. The summed E-state index contributed by atoms with van der Waals surface area (Å²) in [5.41, 5.74) is 0.548. The van der Waals surface area contributed by atoms with Gasteiger partial charge in [0.1, 0.15) is 0 Å². The summed E-state index contributed by atoms with van der Waals surface area (Å²) in [5, 5.41) is 9.24. The molecule has 0 radical (unpaired) electrons. The molecule has 11 heteroatoms. The first kappa shape index (κ1) is 24.6. The number of pyridine rings is 1. The number of ketones is 1. The molecule has 0 atom stereocenters. The van der Waals surface area contributed by atoms with Gasteiger partial charge in [0.05, 0.1) is 28.2 Å². The van der Waals surface area contributed by atoms with Gasteiger partial charge >= 0.3 is 6.18 Å². The minimum Gasteiger partial charge on any atom is -0.352 e. The maximum atomic E-state index is 13.0. The number of carbonyl (C=O) groups is 3. The van der Waals surface area contributed by atoms with Crippen molar-refractivity contribution < 1.29 is 27.6 Å². The minimum absolute atomic E-state index is 0.00273. The van der Waals surface area contributed by atoms with Crippen LogP contribution in [0.15, 0.2) is 48.8 Å². The maximum Gasteiger partial charge on any atom is 0.416 e. The summed E-state index contributed by atoms with van der Waals surface area (Å²) in [4.78, 5) is 40.9. The molecule has 2 aromatic heterocycles. The second-order valence-electron chi connectivity index (χ2n) is 7.47. The van der Waals surface area contributed by atoms with Crippen molar-refractivity contribution in [2.45, 2.75) is 33.0 Å². The van der Waals surface area contributed by atoms with Gasteiger partial charge in [-0.25, -0.2) is 4.68 Å². The maximum absolute atomic E-state index is 13.0. The quantitative estimate of drug-likeness (QED) is 0.387. The van der Waals surface area contributed by atoms with Crippen LogP contribution in [0.3, 0.4) is 0 Å². The van der Waals surface area contributed by atoms with Crippen LogP contribution in [0.1, 0.15) is 39.3 Å². The monoisotopic (exact) mass is 473 g/mol. The lowest BCUT2D eigenvalue weighted by atomic mass is 10.1. The van der Waals surface area contributed by atoms with Crippen LogP contribution in [0.2, 0.25) is 0 Å². The second-order valence-corrected chi connectivity index (χ2v) is 7.47. The Morgan fingerprint density at radius 1 is 1.03 bits per heavy atom. The molecule has 0 fully saturated rings. The van der Waals surface area contributed by atoms with Crippen molar-refractivity contribution in [1.82, 2.24) is 25.4 Å². The van der Waals surface area contributed by atoms with Gasteiger partial charge in [0.2, 0.25) is 5.91 Å². The smallest absolute Gasteiger partial charge is 0.352 e. The number of nitrogens with one attached hydrogen (secondary N) is 2. The van der Waals surface area contributed by atoms with Gasteiger partial charge in [-0.3, -0.25) is 19.4 Å². The van der Waals surface area contributed by atoms with E-state index in [1.54, 1.807) is 24.5 Å². The molecule has 2 amide bonds. The van der Waals surface area contributed by atoms with Gasteiger partial charge in [-0.1, -0.05) is 6.07 Å². The summed E-state index contributed by atoms with van der Waals surface area (Å²) < 4.78 is 40.3. The zero-order valence-corrected chi connectivity index (χ0v) is 18.4. The highest BCUT2D eigenvalue weighted by atomic mass is 19.4. The Balaban J connectivity index is 1.62. The largest absolute Gasteiger partial charge is 0.416 e. The molecule has 8 nitrogen and oxygen atoms in total. The van der Waals surface area contributed by atoms with E-state index in [1.165, 1.54) is 30.7 Å². The summed E-state index contributed by atoms with van der Waals surface area (Å²) >= 11 is 0. The highest BCUT2D eigenvalue weighted by Crippen LogP contribution is 2.30. The van der Waals surface area contributed by atoms with E-state index in [1.807, 2.05) is 0 Å². The molecule has 0 saturated heterocycles. The molecule has 178 valence electrons. The van der Waals surface area contributed by atoms with Gasteiger partial charge in [-0.05, 0) is 49.7 Å². The third-order valence-corrected chi connectivity index (χ3v) is 5.02. The number of benzene rings is 1. The van der Waals surface area contributed by atoms with Crippen LogP contribution in [0.5, 0.6) is 0 Å². The lowest BCUT2D eigenvalue weighted by Crippen LogP contribution is -2.35. The van der Waals surface area contributed by atoms with Crippen LogP contribution in [0.25, 0.3) is 5.69 Å². The van der Waals surface area contributed by atoms with Crippen LogP contribution < -0.4 is 10.6 Å². The van der Waals surface area contributed by atoms with E-state index in [0.29, 0.717) is 6.54 Å². The second kappa shape index (κ2) is 10.3. The molecule has 2 N–H and O–H groups in total. The number of carbonyl (C=O) groups excluding carboxylic acids is 3. The number of halogens is 3. The first-order valence-corrected chi connectivity index (χ1v) is 10.3. The van der Waals surface area contributed by atoms with Crippen molar-refractivity contribution in [3.63, 3.8) is 0 Å². The van der Waals surface area contributed by atoms with Gasteiger partial charge in [-0.15, -0.1) is 0 Å². The molecule has 34 heavy (non-hydrogen) atoms. The number of hydrogen-bond donors (Lipinski definition) is 2. The molecule has 1 aromatic carbocycles. The van der Waals surface area contributed by atoms with Gasteiger partial charge in [-0.2, -0.15) is 18.3 Å². The molecule has 0 unspecified atom stereocenters. The molecular formula is C23H22F3N5O3. The molecule has 2 heterocycles. The molecule has 0 saturated carbocycles. The molecule has 0 aliphatic heterocycles. The Morgan fingerprint density at radius 3 is 2.41 bits per heavy atom. The highest BCUT2D eigenvalue weighted by Gasteiger charge is 2.31. The lowest BCUT2D eigenvalue weighted by Gasteiger charge is -2.10. The average molecular weight is 473 g/mol. The third kappa shape index (κ3) is 5.85. The summed E-state index contributed by atoms with van der Waals surface area (Å²) in [6, 6.07) is 8.02. The molecule has 0 spiro atoms. The fraction of sp³-hybridized carbons (Fsp3) is 0.261. The fourth-order valence-electron chi connectivity index (χ4n) is 3.31. The number of nitrogens with zero attached hydrogens (tertiary/aromatic N) is 3. The van der Waals surface area contributed by atoms with Crippen molar-refractivity contribution in [2.24, 2.45) is 0 Å². The van der Waals surface area contributed by atoms with Crippen molar-refractivity contribution in [2.75, 3.05) is 6.54 Å². The van der Waals surface area contributed by atoms with Crippen molar-refractivity contribution >= 4 is 17.6 Å². The fourth-order valence-corrected chi connectivity index (χ4v) is 3.31. The van der Waals surface area contributed by atoms with Gasteiger partial charge in [0, 0.05) is 31.9 Å². The van der Waals surface area contributed by atoms with Crippen molar-refractivity contribution in [3.8, 4) is 5.69 Å². The molecule has 0 aliphatic rings. The zero-order valence-electron chi connectivity index (χ0n) is 18.4. The van der Waals surface area contributed by atoms with E-state index in [4.69, 9.17) is 0 Å². The molecule has 3 aromatic rings. The predicted octanol–water partition coefficient (Wildman–Crippen LogP) is 2.91. The number of amides is 2. The Morgan fingerprint density at radius 2 is 1.74 bits per heavy atom. The molecular weight excluding hydrogens is 451 g/mol. The molecule has 0 bridgehead atoms. The average Bonchev–Trinajstić information content (AvgIpc) is 3.11. The lowest BCUT2D eigenvalue weighted by molar-refractivity contribution is -0.137. The van der Waals surface area contributed by atoms with Crippen LogP contribution in [-0.4, -0.2) is 38.9 Å². The van der Waals surface area contributed by atoms with Gasteiger partial charge in [0.25, 0.3) is 11.7 Å². The van der Waals surface area contributed by atoms with E-state index < -0.39 is 23.4 Å². The predicted molar refractivity (Wildman–Crippen MR) is 116 cm³/mol. The zero-order chi connectivity index (χ0) is 24.9. The Hall–Kier alpha value is -4.02. The SMILES string of the molecule is Cc1nn(-c2cccc(C(F)(F)F)c2)c(C)c1C(=O)C(=O)NCCC(=O)NCc1ccncc1. The minimum atomic E-state index is -4.53. The first-order chi connectivity index (χ1) is 16.1. The Kier molecular flexibility index (Phi) is 7.44. The van der Waals surface area contributed by atoms with Gasteiger partial charge < -0.3 is 10.6 Å². The number of aromatic nitrogens is 3. The number of Topliss-reactive ketones (excluding diaryl/α,β-unsaturated/α-hetero) is 1. The van der Waals surface area contributed by atoms with E-state index >= 15 is 0 Å². The summed E-state index contributed by atoms with van der Waals surface area (Å²) in [6.07, 6.45) is -1.36. The Labute approximate surface area is 193 Å². The molecule has 3 rings (SSSR count). The number of alkyl halides is 3. The summed E-state index contributed by atoms with van der Waals surface area (Å²) in [7, 11) is 0. The normalized spacial score (nSPS) is 11.2. The van der Waals surface area contributed by atoms with Crippen LogP contribution in [0, 0.1) is 13.8 Å². The topological polar surface area (TPSA) is 106 Å². The number of hydrogen-bond acceptors (Lipinski definition) is 5. The van der Waals surface area contributed by atoms with Crippen LogP contribution in [0.4, 0.5) is 13.2 Å². The number of aryl methyl sites for hydroxylation is 1. The van der Waals surface area contributed by atoms with Gasteiger partial charge in [0.15, 0.2) is 0 Å².